The van der Waals surface area contributed by atoms with Crippen molar-refractivity contribution < 1.29 is 14.3 Å². The fourth-order valence-electron chi connectivity index (χ4n) is 2.39. The molecule has 6 heteroatoms. The molecule has 1 aromatic rings. The average Bonchev–Trinajstić information content (AvgIpc) is 3.01. The lowest BCUT2D eigenvalue weighted by atomic mass is 10.1. The minimum absolute atomic E-state index is 0.111. The highest BCUT2D eigenvalue weighted by molar-refractivity contribution is 5.96. The van der Waals surface area contributed by atoms with Gasteiger partial charge in [-0.1, -0.05) is 0 Å². The lowest BCUT2D eigenvalue weighted by Crippen LogP contribution is -2.35. The largest absolute Gasteiger partial charge is 0.376 e. The molecule has 22 heavy (non-hydrogen) atoms. The van der Waals surface area contributed by atoms with Crippen LogP contribution < -0.4 is 16.0 Å². The van der Waals surface area contributed by atoms with E-state index in [0.717, 1.165) is 25.0 Å². The highest BCUT2D eigenvalue weighted by atomic mass is 16.5. The second kappa shape index (κ2) is 7.79. The Morgan fingerprint density at radius 1 is 1.32 bits per heavy atom. The molecule has 1 saturated heterocycles. The van der Waals surface area contributed by atoms with Crippen molar-refractivity contribution in [2.24, 2.45) is 0 Å². The molecule has 3 amide bonds. The summed E-state index contributed by atoms with van der Waals surface area (Å²) in [5.41, 5.74) is 2.12. The predicted octanol–water partition coefficient (Wildman–Crippen LogP) is 2.05. The van der Waals surface area contributed by atoms with E-state index >= 15 is 0 Å². The predicted molar refractivity (Wildman–Crippen MR) is 85.2 cm³/mol. The number of anilines is 1. The van der Waals surface area contributed by atoms with Gasteiger partial charge in [0.1, 0.15) is 0 Å². The number of hydrogen-bond donors (Lipinski definition) is 3. The van der Waals surface area contributed by atoms with Gasteiger partial charge in [-0.15, -0.1) is 0 Å². The van der Waals surface area contributed by atoms with Gasteiger partial charge in [-0.05, 0) is 50.5 Å². The van der Waals surface area contributed by atoms with Crippen LogP contribution in [0.1, 0.15) is 35.7 Å². The van der Waals surface area contributed by atoms with E-state index < -0.39 is 0 Å². The molecule has 1 aliphatic heterocycles. The molecule has 3 N–H and O–H groups in total. The van der Waals surface area contributed by atoms with Crippen molar-refractivity contribution in [2.45, 2.75) is 32.8 Å². The van der Waals surface area contributed by atoms with Crippen LogP contribution in [0.5, 0.6) is 0 Å². The summed E-state index contributed by atoms with van der Waals surface area (Å²) in [5.74, 6) is -0.111. The number of ether oxygens (including phenoxy) is 1. The third-order valence-electron chi connectivity index (χ3n) is 3.59. The molecular weight excluding hydrogens is 282 g/mol. The SMILES string of the molecule is CCNC(=O)c1ccc(NC(=O)NC[C@H]2CCCO2)c(C)c1. The smallest absolute Gasteiger partial charge is 0.319 e. The molecule has 1 aliphatic rings. The molecular formula is C16H23N3O3. The first-order valence-corrected chi connectivity index (χ1v) is 7.65. The maximum atomic E-state index is 11.9. The van der Waals surface area contributed by atoms with Gasteiger partial charge in [0.15, 0.2) is 0 Å². The van der Waals surface area contributed by atoms with Gasteiger partial charge in [0, 0.05) is 30.9 Å². The standard InChI is InChI=1S/C16H23N3O3/c1-3-17-15(20)12-6-7-14(11(2)9-12)19-16(21)18-10-13-5-4-8-22-13/h6-7,9,13H,3-5,8,10H2,1-2H3,(H,17,20)(H2,18,19,21)/t13-/m1/s1. The Bertz CT molecular complexity index is 539. The highest BCUT2D eigenvalue weighted by Crippen LogP contribution is 2.16. The highest BCUT2D eigenvalue weighted by Gasteiger charge is 2.16. The number of carbonyl (C=O) groups is 2. The molecule has 0 aromatic heterocycles. The summed E-state index contributed by atoms with van der Waals surface area (Å²) >= 11 is 0. The van der Waals surface area contributed by atoms with Gasteiger partial charge in [-0.25, -0.2) is 4.79 Å². The topological polar surface area (TPSA) is 79.5 Å². The zero-order chi connectivity index (χ0) is 15.9. The number of carbonyl (C=O) groups excluding carboxylic acids is 2. The maximum Gasteiger partial charge on any atom is 0.319 e. The molecule has 6 nitrogen and oxygen atoms in total. The summed E-state index contributed by atoms with van der Waals surface area (Å²) in [5, 5.41) is 8.35. The first kappa shape index (κ1) is 16.3. The minimum Gasteiger partial charge on any atom is -0.376 e. The number of aryl methyl sites for hydroxylation is 1. The quantitative estimate of drug-likeness (QED) is 0.779. The van der Waals surface area contributed by atoms with Gasteiger partial charge in [0.2, 0.25) is 0 Å². The van der Waals surface area contributed by atoms with E-state index in [1.807, 2.05) is 13.8 Å². The van der Waals surface area contributed by atoms with E-state index in [-0.39, 0.29) is 18.0 Å². The molecule has 0 bridgehead atoms. The molecule has 0 aliphatic carbocycles. The second-order valence-corrected chi connectivity index (χ2v) is 5.36. The summed E-state index contributed by atoms with van der Waals surface area (Å²) in [7, 11) is 0. The number of hydrogen-bond acceptors (Lipinski definition) is 3. The Kier molecular flexibility index (Phi) is 5.77. The summed E-state index contributed by atoms with van der Waals surface area (Å²) in [6.45, 7) is 5.61. The molecule has 0 unspecified atom stereocenters. The Morgan fingerprint density at radius 2 is 2.14 bits per heavy atom. The van der Waals surface area contributed by atoms with Crippen molar-refractivity contribution in [3.63, 3.8) is 0 Å². The van der Waals surface area contributed by atoms with Gasteiger partial charge in [0.25, 0.3) is 5.91 Å². The van der Waals surface area contributed by atoms with E-state index in [1.165, 1.54) is 0 Å². The lowest BCUT2D eigenvalue weighted by molar-refractivity contribution is 0.0955. The van der Waals surface area contributed by atoms with Gasteiger partial charge in [-0.2, -0.15) is 0 Å². The molecule has 120 valence electrons. The monoisotopic (exact) mass is 305 g/mol. The van der Waals surface area contributed by atoms with Crippen LogP contribution in [0.15, 0.2) is 18.2 Å². The third-order valence-corrected chi connectivity index (χ3v) is 3.59. The number of rotatable bonds is 5. The summed E-state index contributed by atoms with van der Waals surface area (Å²) in [6.07, 6.45) is 2.15. The average molecular weight is 305 g/mol. The van der Waals surface area contributed by atoms with Gasteiger partial charge in [-0.3, -0.25) is 4.79 Å². The molecule has 1 fully saturated rings. The molecule has 2 rings (SSSR count). The fourth-order valence-corrected chi connectivity index (χ4v) is 2.39. The molecule has 1 atom stereocenters. The van der Waals surface area contributed by atoms with Crippen LogP contribution in [0, 0.1) is 6.92 Å². The van der Waals surface area contributed by atoms with Crippen LogP contribution in [0.2, 0.25) is 0 Å². The normalized spacial score (nSPS) is 17.1. The van der Waals surface area contributed by atoms with Crippen LogP contribution in [0.25, 0.3) is 0 Å². The van der Waals surface area contributed by atoms with Gasteiger partial charge >= 0.3 is 6.03 Å². The van der Waals surface area contributed by atoms with E-state index in [0.29, 0.717) is 24.3 Å². The molecule has 0 spiro atoms. The Labute approximate surface area is 130 Å². The van der Waals surface area contributed by atoms with Crippen LogP contribution in [-0.4, -0.2) is 37.7 Å². The van der Waals surface area contributed by atoms with Crippen molar-refractivity contribution in [2.75, 3.05) is 25.0 Å². The molecule has 0 saturated carbocycles. The number of amides is 3. The van der Waals surface area contributed by atoms with Crippen molar-refractivity contribution >= 4 is 17.6 Å². The van der Waals surface area contributed by atoms with Crippen LogP contribution in [0.3, 0.4) is 0 Å². The Morgan fingerprint density at radius 3 is 2.77 bits per heavy atom. The maximum absolute atomic E-state index is 11.9. The van der Waals surface area contributed by atoms with Crippen LogP contribution in [-0.2, 0) is 4.74 Å². The van der Waals surface area contributed by atoms with E-state index in [2.05, 4.69) is 16.0 Å². The summed E-state index contributed by atoms with van der Waals surface area (Å²) in [4.78, 5) is 23.6. The number of benzene rings is 1. The van der Waals surface area contributed by atoms with E-state index in [1.54, 1.807) is 18.2 Å². The molecule has 1 aromatic carbocycles. The third kappa shape index (κ3) is 4.46. The first-order valence-electron chi connectivity index (χ1n) is 7.65. The fraction of sp³-hybridized carbons (Fsp3) is 0.500. The van der Waals surface area contributed by atoms with Gasteiger partial charge in [0.05, 0.1) is 6.10 Å². The zero-order valence-corrected chi connectivity index (χ0v) is 13.1. The Balaban J connectivity index is 1.88. The minimum atomic E-state index is -0.260. The second-order valence-electron chi connectivity index (χ2n) is 5.36. The zero-order valence-electron chi connectivity index (χ0n) is 13.1. The van der Waals surface area contributed by atoms with Crippen molar-refractivity contribution in [3.05, 3.63) is 29.3 Å². The van der Waals surface area contributed by atoms with E-state index in [9.17, 15) is 9.59 Å². The summed E-state index contributed by atoms with van der Waals surface area (Å²) < 4.78 is 5.46. The van der Waals surface area contributed by atoms with Crippen molar-refractivity contribution in [1.29, 1.82) is 0 Å². The number of nitrogens with one attached hydrogen (secondary N) is 3. The first-order chi connectivity index (χ1) is 10.6. The van der Waals surface area contributed by atoms with Gasteiger partial charge < -0.3 is 20.7 Å². The van der Waals surface area contributed by atoms with Crippen LogP contribution >= 0.6 is 0 Å². The lowest BCUT2D eigenvalue weighted by Gasteiger charge is -2.13. The Hall–Kier alpha value is -2.08. The van der Waals surface area contributed by atoms with Crippen LogP contribution in [0.4, 0.5) is 10.5 Å². The van der Waals surface area contributed by atoms with E-state index in [4.69, 9.17) is 4.74 Å². The molecule has 1 heterocycles. The van der Waals surface area contributed by atoms with Crippen molar-refractivity contribution in [3.8, 4) is 0 Å². The van der Waals surface area contributed by atoms with Crippen molar-refractivity contribution in [1.82, 2.24) is 10.6 Å². The molecule has 0 radical (unpaired) electrons. The number of urea groups is 1. The summed E-state index contributed by atoms with van der Waals surface area (Å²) in [6, 6.07) is 4.95.